The van der Waals surface area contributed by atoms with E-state index >= 15 is 0 Å². The van der Waals surface area contributed by atoms with Crippen LogP contribution in [0.25, 0.3) is 0 Å². The van der Waals surface area contributed by atoms with Gasteiger partial charge >= 0.3 is 7.91 Å². The molecule has 0 unspecified atom stereocenters. The molecule has 3 nitrogen and oxygen atoms in total. The molecule has 17 heavy (non-hydrogen) atoms. The van der Waals surface area contributed by atoms with Gasteiger partial charge in [-0.25, -0.2) is 4.57 Å². The molecule has 0 bridgehead atoms. The Balaban J connectivity index is 4.56. The van der Waals surface area contributed by atoms with E-state index in [0.29, 0.717) is 0 Å². The molecule has 0 rings (SSSR count). The standard InChI is InChI=1S/C12H26FO3P/c1-9(11(3,4)5)15-17(13,14)16-10(2)12(6,7)8/h9-10H,1-8H3/t9-,10-/m1/s1. The van der Waals surface area contributed by atoms with Gasteiger partial charge in [-0.05, 0) is 24.7 Å². The highest BCUT2D eigenvalue weighted by Gasteiger charge is 2.36. The summed E-state index contributed by atoms with van der Waals surface area (Å²) in [7, 11) is -4.50. The Hall–Kier alpha value is 0.0800. The van der Waals surface area contributed by atoms with Crippen LogP contribution in [-0.4, -0.2) is 12.2 Å². The Kier molecular flexibility index (Phi) is 5.40. The average molecular weight is 268 g/mol. The quantitative estimate of drug-likeness (QED) is 0.675. The van der Waals surface area contributed by atoms with E-state index in [2.05, 4.69) is 0 Å². The Labute approximate surface area is 105 Å². The molecule has 0 fully saturated rings. The van der Waals surface area contributed by atoms with Gasteiger partial charge in [0.15, 0.2) is 0 Å². The van der Waals surface area contributed by atoms with E-state index in [9.17, 15) is 8.76 Å². The summed E-state index contributed by atoms with van der Waals surface area (Å²) in [6.07, 6.45) is -0.962. The molecule has 0 heterocycles. The monoisotopic (exact) mass is 268 g/mol. The maximum Gasteiger partial charge on any atom is 0.513 e. The van der Waals surface area contributed by atoms with Gasteiger partial charge in [0.1, 0.15) is 0 Å². The van der Waals surface area contributed by atoms with Gasteiger partial charge in [-0.1, -0.05) is 41.5 Å². The SMILES string of the molecule is C[C@@H](OP(=O)(F)O[C@H](C)C(C)(C)C)C(C)(C)C. The normalized spacial score (nSPS) is 17.9. The highest BCUT2D eigenvalue weighted by Crippen LogP contribution is 2.55. The van der Waals surface area contributed by atoms with Crippen LogP contribution in [0.2, 0.25) is 0 Å². The van der Waals surface area contributed by atoms with Crippen LogP contribution in [-0.2, 0) is 13.6 Å². The van der Waals surface area contributed by atoms with Gasteiger partial charge in [-0.15, -0.1) is 4.20 Å². The lowest BCUT2D eigenvalue weighted by Gasteiger charge is -2.31. The van der Waals surface area contributed by atoms with E-state index in [1.54, 1.807) is 13.8 Å². The summed E-state index contributed by atoms with van der Waals surface area (Å²) in [6, 6.07) is 0. The lowest BCUT2D eigenvalue weighted by atomic mass is 9.91. The van der Waals surface area contributed by atoms with Crippen LogP contribution >= 0.6 is 7.91 Å². The minimum atomic E-state index is -4.50. The molecule has 104 valence electrons. The van der Waals surface area contributed by atoms with Crippen molar-refractivity contribution in [2.24, 2.45) is 10.8 Å². The maximum atomic E-state index is 13.8. The van der Waals surface area contributed by atoms with Gasteiger partial charge < -0.3 is 0 Å². The van der Waals surface area contributed by atoms with Crippen molar-refractivity contribution in [3.8, 4) is 0 Å². The van der Waals surface area contributed by atoms with E-state index in [1.807, 2.05) is 41.5 Å². The molecule has 0 aliphatic rings. The van der Waals surface area contributed by atoms with Gasteiger partial charge in [0.2, 0.25) is 0 Å². The van der Waals surface area contributed by atoms with Crippen LogP contribution in [0.3, 0.4) is 0 Å². The van der Waals surface area contributed by atoms with Crippen LogP contribution in [0.15, 0.2) is 0 Å². The molecule has 0 saturated heterocycles. The molecule has 0 amide bonds. The van der Waals surface area contributed by atoms with E-state index in [4.69, 9.17) is 9.05 Å². The number of rotatable bonds is 4. The number of hydrogen-bond acceptors (Lipinski definition) is 3. The second kappa shape index (κ2) is 5.38. The van der Waals surface area contributed by atoms with Crippen LogP contribution < -0.4 is 0 Å². The Morgan fingerprint density at radius 3 is 1.29 bits per heavy atom. The number of halogens is 1. The zero-order chi connectivity index (χ0) is 14.1. The molecule has 0 aliphatic heterocycles. The van der Waals surface area contributed by atoms with Crippen molar-refractivity contribution < 1.29 is 17.8 Å². The highest BCUT2D eigenvalue weighted by molar-refractivity contribution is 7.48. The minimum absolute atomic E-state index is 0.282. The fourth-order valence-corrected chi connectivity index (χ4v) is 2.16. The first-order chi connectivity index (χ1) is 7.26. The summed E-state index contributed by atoms with van der Waals surface area (Å²) in [5, 5.41) is 0. The summed E-state index contributed by atoms with van der Waals surface area (Å²) in [6.45, 7) is 14.7. The topological polar surface area (TPSA) is 35.5 Å². The van der Waals surface area contributed by atoms with Gasteiger partial charge in [0.05, 0.1) is 12.2 Å². The lowest BCUT2D eigenvalue weighted by Crippen LogP contribution is -2.28. The van der Waals surface area contributed by atoms with Gasteiger partial charge in [-0.3, -0.25) is 9.05 Å². The predicted molar refractivity (Wildman–Crippen MR) is 68.7 cm³/mol. The van der Waals surface area contributed by atoms with Gasteiger partial charge in [0, 0.05) is 0 Å². The number of hydrogen-bond donors (Lipinski definition) is 0. The third-order valence-electron chi connectivity index (χ3n) is 3.01. The summed E-state index contributed by atoms with van der Waals surface area (Å²) in [5.74, 6) is 0. The molecule has 5 heteroatoms. The fraction of sp³-hybridized carbons (Fsp3) is 1.00. The van der Waals surface area contributed by atoms with E-state index in [0.717, 1.165) is 0 Å². The molecule has 2 atom stereocenters. The Bertz CT molecular complexity index is 265. The maximum absolute atomic E-state index is 13.8. The third-order valence-corrected chi connectivity index (χ3v) is 4.14. The van der Waals surface area contributed by atoms with Crippen molar-refractivity contribution in [3.63, 3.8) is 0 Å². The van der Waals surface area contributed by atoms with Crippen molar-refractivity contribution in [2.45, 2.75) is 67.6 Å². The first kappa shape index (κ1) is 17.1. The first-order valence-electron chi connectivity index (χ1n) is 5.92. The summed E-state index contributed by atoms with van der Waals surface area (Å²) < 4.78 is 35.2. The smallest absolute Gasteiger partial charge is 0.280 e. The molecule has 0 aliphatic carbocycles. The summed E-state index contributed by atoms with van der Waals surface area (Å²) in [4.78, 5) is 0. The molecule has 0 radical (unpaired) electrons. The first-order valence-corrected chi connectivity index (χ1v) is 7.35. The minimum Gasteiger partial charge on any atom is -0.280 e. The summed E-state index contributed by atoms with van der Waals surface area (Å²) >= 11 is 0. The van der Waals surface area contributed by atoms with Crippen molar-refractivity contribution in [3.05, 3.63) is 0 Å². The second-order valence-electron chi connectivity index (χ2n) is 6.66. The fourth-order valence-electron chi connectivity index (χ4n) is 0.719. The Morgan fingerprint density at radius 1 is 0.882 bits per heavy atom. The van der Waals surface area contributed by atoms with Crippen molar-refractivity contribution in [2.75, 3.05) is 0 Å². The predicted octanol–water partition coefficient (Wildman–Crippen LogP) is 4.97. The molecule has 0 aromatic carbocycles. The zero-order valence-corrected chi connectivity index (χ0v) is 13.1. The lowest BCUT2D eigenvalue weighted by molar-refractivity contribution is 0.0241. The molecule has 0 N–H and O–H groups in total. The average Bonchev–Trinajstić information content (AvgIpc) is 1.97. The van der Waals surface area contributed by atoms with Gasteiger partial charge in [-0.2, -0.15) is 0 Å². The van der Waals surface area contributed by atoms with Gasteiger partial charge in [0.25, 0.3) is 0 Å². The summed E-state index contributed by atoms with van der Waals surface area (Å²) in [5.41, 5.74) is -0.563. The zero-order valence-electron chi connectivity index (χ0n) is 12.2. The largest absolute Gasteiger partial charge is 0.513 e. The van der Waals surface area contributed by atoms with E-state index < -0.39 is 20.1 Å². The van der Waals surface area contributed by atoms with Crippen LogP contribution in [0.1, 0.15) is 55.4 Å². The van der Waals surface area contributed by atoms with E-state index in [-0.39, 0.29) is 10.8 Å². The van der Waals surface area contributed by atoms with Crippen molar-refractivity contribution >= 4 is 7.91 Å². The Morgan fingerprint density at radius 2 is 1.12 bits per heavy atom. The molecule has 0 aromatic heterocycles. The molecular formula is C12H26FO3P. The van der Waals surface area contributed by atoms with Crippen LogP contribution in [0.5, 0.6) is 0 Å². The van der Waals surface area contributed by atoms with Crippen molar-refractivity contribution in [1.82, 2.24) is 0 Å². The van der Waals surface area contributed by atoms with Crippen LogP contribution in [0.4, 0.5) is 4.20 Å². The third kappa shape index (κ3) is 6.54. The highest BCUT2D eigenvalue weighted by atomic mass is 31.2. The molecule has 0 aromatic rings. The van der Waals surface area contributed by atoms with Crippen LogP contribution in [0, 0.1) is 10.8 Å². The molecule has 0 saturated carbocycles. The van der Waals surface area contributed by atoms with E-state index in [1.165, 1.54) is 0 Å². The second-order valence-corrected chi connectivity index (χ2v) is 7.94. The molecular weight excluding hydrogens is 242 g/mol. The van der Waals surface area contributed by atoms with Crippen molar-refractivity contribution in [1.29, 1.82) is 0 Å². The molecule has 0 spiro atoms.